The molecule has 0 aromatic carbocycles. The van der Waals surface area contributed by atoms with Gasteiger partial charge in [0.2, 0.25) is 0 Å². The highest BCUT2D eigenvalue weighted by Gasteiger charge is 2.39. The zero-order chi connectivity index (χ0) is 18.0. The molecule has 0 aromatic heterocycles. The second-order valence-corrected chi connectivity index (χ2v) is 6.71. The number of imide groups is 2. The molecule has 0 radical (unpaired) electrons. The number of carbonyl (C=O) groups is 4. The summed E-state index contributed by atoms with van der Waals surface area (Å²) >= 11 is 0. The van der Waals surface area contributed by atoms with E-state index in [2.05, 4.69) is 0 Å². The predicted octanol–water partition coefficient (Wildman–Crippen LogP) is 3.23. The lowest BCUT2D eigenvalue weighted by Crippen LogP contribution is -2.37. The van der Waals surface area contributed by atoms with Gasteiger partial charge in [0, 0.05) is 35.4 Å². The maximum absolute atomic E-state index is 11.8. The highest BCUT2D eigenvalue weighted by Crippen LogP contribution is 2.33. The number of amides is 4. The van der Waals surface area contributed by atoms with Crippen molar-refractivity contribution in [1.29, 1.82) is 0 Å². The first-order valence-electron chi connectivity index (χ1n) is 8.40. The maximum atomic E-state index is 11.8. The predicted molar refractivity (Wildman–Crippen MR) is 102 cm³/mol. The number of carbonyl (C=O) groups excluding carboxylic acids is 4. The van der Waals surface area contributed by atoms with Gasteiger partial charge in [0.1, 0.15) is 0 Å². The Labute approximate surface area is 156 Å². The van der Waals surface area contributed by atoms with Crippen molar-refractivity contribution < 1.29 is 19.2 Å². The minimum Gasteiger partial charge on any atom is -0.273 e. The Morgan fingerprint density at radius 1 is 0.692 bits per heavy atom. The van der Waals surface area contributed by atoms with Crippen LogP contribution in [0.5, 0.6) is 0 Å². The Hall–Kier alpha value is -2.24. The molecule has 0 saturated heterocycles. The fraction of sp³-hybridized carbons (Fsp3) is 0.600. The molecule has 0 aromatic rings. The van der Waals surface area contributed by atoms with Crippen molar-refractivity contribution in [3.8, 4) is 0 Å². The van der Waals surface area contributed by atoms with Crippen molar-refractivity contribution in [3.05, 3.63) is 23.3 Å². The topological polar surface area (TPSA) is 74.8 Å². The second kappa shape index (κ2) is 9.46. The van der Waals surface area contributed by atoms with E-state index in [-0.39, 0.29) is 50.6 Å². The van der Waals surface area contributed by atoms with Crippen LogP contribution in [0.2, 0.25) is 0 Å². The van der Waals surface area contributed by atoms with Gasteiger partial charge in [-0.3, -0.25) is 29.0 Å². The van der Waals surface area contributed by atoms with E-state index in [9.17, 15) is 19.2 Å². The molecule has 146 valence electrons. The van der Waals surface area contributed by atoms with E-state index in [1.807, 2.05) is 27.7 Å². The molecule has 0 saturated carbocycles. The molecule has 3 rings (SSSR count). The molecule has 2 aliphatic heterocycles. The second-order valence-electron chi connectivity index (χ2n) is 6.71. The van der Waals surface area contributed by atoms with Crippen LogP contribution in [0, 0.1) is 0 Å². The zero-order valence-electron chi connectivity index (χ0n) is 14.7. The molecule has 3 aliphatic rings. The molecule has 0 atom stereocenters. The van der Waals surface area contributed by atoms with Crippen LogP contribution in [-0.2, 0) is 19.2 Å². The fourth-order valence-corrected chi connectivity index (χ4v) is 3.15. The highest BCUT2D eigenvalue weighted by molar-refractivity contribution is 6.19. The molecular formula is C20H32N2O4. The molecule has 0 unspecified atom stereocenters. The molecule has 0 fully saturated rings. The Balaban J connectivity index is 0.000000469. The van der Waals surface area contributed by atoms with Gasteiger partial charge in [0.05, 0.1) is 0 Å². The molecule has 26 heavy (non-hydrogen) atoms. The Morgan fingerprint density at radius 3 is 1.31 bits per heavy atom. The van der Waals surface area contributed by atoms with Crippen LogP contribution >= 0.6 is 0 Å². The van der Waals surface area contributed by atoms with E-state index in [0.29, 0.717) is 0 Å². The van der Waals surface area contributed by atoms with E-state index >= 15 is 0 Å². The van der Waals surface area contributed by atoms with Crippen molar-refractivity contribution >= 4 is 23.6 Å². The maximum Gasteiger partial charge on any atom is 0.257 e. The average Bonchev–Trinajstić information content (AvgIpc) is 2.98. The van der Waals surface area contributed by atoms with Crippen LogP contribution in [0.15, 0.2) is 23.3 Å². The van der Waals surface area contributed by atoms with Gasteiger partial charge >= 0.3 is 0 Å². The number of hydrogen-bond acceptors (Lipinski definition) is 4. The Bertz CT molecular complexity index is 598. The first-order chi connectivity index (χ1) is 11.3. The lowest BCUT2D eigenvalue weighted by Gasteiger charge is -2.18. The summed E-state index contributed by atoms with van der Waals surface area (Å²) in [7, 11) is 0. The van der Waals surface area contributed by atoms with Crippen molar-refractivity contribution in [2.24, 2.45) is 0 Å². The minimum absolute atomic E-state index is 0. The van der Waals surface area contributed by atoms with Gasteiger partial charge in [-0.25, -0.2) is 0 Å². The minimum atomic E-state index is -0.208. The Morgan fingerprint density at radius 2 is 1.04 bits per heavy atom. The summed E-state index contributed by atoms with van der Waals surface area (Å²) in [5.41, 5.74) is 1.57. The molecule has 0 bridgehead atoms. The van der Waals surface area contributed by atoms with E-state index < -0.39 is 0 Å². The standard InChI is InChI=1S/C11H15NO2.C7H9NO2.2CH4/c1-7(2)12-10(13)8-5-3-4-6-9(8)11(12)14;1-5(2)8-6(9)3-4-7(8)10;;/h7H,3-6H2,1-2H3;3-5H,1-2H3;2*1H4. The first-order valence-corrected chi connectivity index (χ1v) is 8.40. The zero-order valence-corrected chi connectivity index (χ0v) is 14.7. The highest BCUT2D eigenvalue weighted by atomic mass is 16.2. The molecule has 0 spiro atoms. The average molecular weight is 364 g/mol. The summed E-state index contributed by atoms with van der Waals surface area (Å²) in [5, 5.41) is 0. The van der Waals surface area contributed by atoms with Crippen molar-refractivity contribution in [2.45, 2.75) is 80.3 Å². The molecule has 1 aliphatic carbocycles. The summed E-state index contributed by atoms with van der Waals surface area (Å²) in [6, 6.07) is -0.0457. The summed E-state index contributed by atoms with van der Waals surface area (Å²) in [6.07, 6.45) is 6.27. The molecule has 6 heteroatoms. The van der Waals surface area contributed by atoms with Gasteiger partial charge in [-0.1, -0.05) is 14.9 Å². The van der Waals surface area contributed by atoms with E-state index in [0.717, 1.165) is 36.8 Å². The van der Waals surface area contributed by atoms with Crippen LogP contribution in [0.4, 0.5) is 0 Å². The summed E-state index contributed by atoms with van der Waals surface area (Å²) in [6.45, 7) is 7.38. The van der Waals surface area contributed by atoms with E-state index in [1.165, 1.54) is 22.0 Å². The first kappa shape index (κ1) is 23.8. The van der Waals surface area contributed by atoms with Gasteiger partial charge < -0.3 is 0 Å². The van der Waals surface area contributed by atoms with Crippen LogP contribution in [0.1, 0.15) is 68.2 Å². The smallest absolute Gasteiger partial charge is 0.257 e. The lowest BCUT2D eigenvalue weighted by atomic mass is 9.93. The quantitative estimate of drug-likeness (QED) is 0.705. The van der Waals surface area contributed by atoms with Crippen LogP contribution in [-0.4, -0.2) is 45.5 Å². The molecule has 4 amide bonds. The molecular weight excluding hydrogens is 332 g/mol. The van der Waals surface area contributed by atoms with E-state index in [4.69, 9.17) is 0 Å². The van der Waals surface area contributed by atoms with Gasteiger partial charge in [-0.2, -0.15) is 0 Å². The molecule has 2 heterocycles. The van der Waals surface area contributed by atoms with Crippen molar-refractivity contribution in [2.75, 3.05) is 0 Å². The summed E-state index contributed by atoms with van der Waals surface area (Å²) < 4.78 is 0. The molecule has 6 nitrogen and oxygen atoms in total. The number of nitrogens with zero attached hydrogens (tertiary/aromatic N) is 2. The summed E-state index contributed by atoms with van der Waals surface area (Å²) in [4.78, 5) is 48.0. The summed E-state index contributed by atoms with van der Waals surface area (Å²) in [5.74, 6) is -0.501. The van der Waals surface area contributed by atoms with Crippen LogP contribution in [0.3, 0.4) is 0 Å². The number of hydrogen-bond donors (Lipinski definition) is 0. The monoisotopic (exact) mass is 364 g/mol. The lowest BCUT2D eigenvalue weighted by molar-refractivity contribution is -0.140. The fourth-order valence-electron chi connectivity index (χ4n) is 3.15. The third kappa shape index (κ3) is 4.48. The van der Waals surface area contributed by atoms with Gasteiger partial charge in [0.25, 0.3) is 23.6 Å². The SMILES string of the molecule is C.C.CC(C)N1C(=O)C2=C(CCCC2)C1=O.CC(C)N1C(=O)C=CC1=O. The Kier molecular flexibility index (Phi) is 8.64. The molecule has 0 N–H and O–H groups in total. The van der Waals surface area contributed by atoms with Crippen molar-refractivity contribution in [3.63, 3.8) is 0 Å². The van der Waals surface area contributed by atoms with Crippen molar-refractivity contribution in [1.82, 2.24) is 9.80 Å². The van der Waals surface area contributed by atoms with Gasteiger partial charge in [0.15, 0.2) is 0 Å². The van der Waals surface area contributed by atoms with E-state index in [1.54, 1.807) is 0 Å². The largest absolute Gasteiger partial charge is 0.273 e. The van der Waals surface area contributed by atoms with Crippen LogP contribution in [0.25, 0.3) is 0 Å². The van der Waals surface area contributed by atoms with Gasteiger partial charge in [-0.15, -0.1) is 0 Å². The van der Waals surface area contributed by atoms with Gasteiger partial charge in [-0.05, 0) is 53.4 Å². The normalized spacial score (nSPS) is 18.8. The number of rotatable bonds is 2. The third-order valence-electron chi connectivity index (χ3n) is 4.30. The third-order valence-corrected chi connectivity index (χ3v) is 4.30. The van der Waals surface area contributed by atoms with Crippen LogP contribution < -0.4 is 0 Å².